The molecular formula is C13H27N3O3S. The molecule has 0 radical (unpaired) electrons. The van der Waals surface area contributed by atoms with Crippen molar-refractivity contribution in [3.63, 3.8) is 0 Å². The van der Waals surface area contributed by atoms with E-state index in [1.165, 1.54) is 4.31 Å². The molecule has 1 aliphatic heterocycles. The largest absolute Gasteiger partial charge is 0.340 e. The van der Waals surface area contributed by atoms with Crippen LogP contribution in [0.25, 0.3) is 0 Å². The summed E-state index contributed by atoms with van der Waals surface area (Å²) in [6, 6.07) is 0. The topological polar surface area (TPSA) is 60.9 Å². The van der Waals surface area contributed by atoms with Crippen molar-refractivity contribution in [1.29, 1.82) is 0 Å². The van der Waals surface area contributed by atoms with E-state index in [-0.39, 0.29) is 11.7 Å². The van der Waals surface area contributed by atoms with Gasteiger partial charge in [0.2, 0.25) is 15.9 Å². The lowest BCUT2D eigenvalue weighted by Crippen LogP contribution is -2.64. The Labute approximate surface area is 122 Å². The Balaban J connectivity index is 2.89. The number of amides is 1. The molecule has 0 N–H and O–H groups in total. The number of piperazine rings is 1. The molecule has 0 spiro atoms. The number of carbonyl (C=O) groups excluding carboxylic acids is 1. The maximum Gasteiger partial charge on any atom is 0.243 e. The minimum absolute atomic E-state index is 0.0461. The molecule has 1 aliphatic rings. The third kappa shape index (κ3) is 3.71. The summed E-state index contributed by atoms with van der Waals surface area (Å²) in [6.45, 7) is 7.43. The van der Waals surface area contributed by atoms with Crippen molar-refractivity contribution in [2.45, 2.75) is 32.7 Å². The predicted octanol–water partition coefficient (Wildman–Crippen LogP) is 0.211. The van der Waals surface area contributed by atoms with Crippen LogP contribution in [0.1, 0.15) is 27.2 Å². The molecule has 1 rings (SSSR count). The SMILES string of the molecule is CCCN1CCN(S(=O)(=O)CCN(C)C)C(C)(C)C1=O. The highest BCUT2D eigenvalue weighted by atomic mass is 32.2. The fourth-order valence-electron chi connectivity index (χ4n) is 2.46. The molecule has 118 valence electrons. The van der Waals surface area contributed by atoms with E-state index >= 15 is 0 Å². The van der Waals surface area contributed by atoms with E-state index in [0.29, 0.717) is 26.2 Å². The Kier molecular flexibility index (Phi) is 5.57. The Bertz CT molecular complexity index is 446. The molecule has 0 aromatic rings. The number of rotatable bonds is 6. The Morgan fingerprint density at radius 3 is 2.35 bits per heavy atom. The van der Waals surface area contributed by atoms with Gasteiger partial charge in [-0.25, -0.2) is 8.42 Å². The summed E-state index contributed by atoms with van der Waals surface area (Å²) in [7, 11) is 0.263. The molecule has 20 heavy (non-hydrogen) atoms. The van der Waals surface area contributed by atoms with Gasteiger partial charge < -0.3 is 9.80 Å². The maximum atomic E-state index is 12.4. The first-order valence-electron chi connectivity index (χ1n) is 7.07. The van der Waals surface area contributed by atoms with Crippen molar-refractivity contribution in [3.05, 3.63) is 0 Å². The second-order valence-corrected chi connectivity index (χ2v) is 8.06. The smallest absolute Gasteiger partial charge is 0.243 e. The van der Waals surface area contributed by atoms with Gasteiger partial charge in [-0.2, -0.15) is 4.31 Å². The lowest BCUT2D eigenvalue weighted by Gasteiger charge is -2.44. The zero-order valence-electron chi connectivity index (χ0n) is 13.2. The van der Waals surface area contributed by atoms with Crippen LogP contribution in [0.5, 0.6) is 0 Å². The average Bonchev–Trinajstić information content (AvgIpc) is 2.32. The van der Waals surface area contributed by atoms with Crippen LogP contribution in [0.3, 0.4) is 0 Å². The first kappa shape index (κ1) is 17.4. The van der Waals surface area contributed by atoms with Gasteiger partial charge in [-0.1, -0.05) is 6.92 Å². The van der Waals surface area contributed by atoms with E-state index in [0.717, 1.165) is 6.42 Å². The van der Waals surface area contributed by atoms with Crippen LogP contribution in [0.4, 0.5) is 0 Å². The molecule has 1 fully saturated rings. The quantitative estimate of drug-likeness (QED) is 0.704. The van der Waals surface area contributed by atoms with Crippen molar-refractivity contribution < 1.29 is 13.2 Å². The van der Waals surface area contributed by atoms with Crippen LogP contribution in [-0.4, -0.2) is 80.0 Å². The van der Waals surface area contributed by atoms with E-state index in [2.05, 4.69) is 0 Å². The molecular weight excluding hydrogens is 278 g/mol. The monoisotopic (exact) mass is 305 g/mol. The van der Waals surface area contributed by atoms with Gasteiger partial charge in [0.05, 0.1) is 5.75 Å². The van der Waals surface area contributed by atoms with Crippen molar-refractivity contribution in [2.75, 3.05) is 46.0 Å². The summed E-state index contributed by atoms with van der Waals surface area (Å²) in [5.74, 6) is -0.0520. The van der Waals surface area contributed by atoms with Gasteiger partial charge in [-0.3, -0.25) is 4.79 Å². The van der Waals surface area contributed by atoms with Gasteiger partial charge in [-0.05, 0) is 34.4 Å². The van der Waals surface area contributed by atoms with Gasteiger partial charge in [0.25, 0.3) is 0 Å². The molecule has 1 heterocycles. The lowest BCUT2D eigenvalue weighted by atomic mass is 10.0. The lowest BCUT2D eigenvalue weighted by molar-refractivity contribution is -0.144. The van der Waals surface area contributed by atoms with Crippen LogP contribution >= 0.6 is 0 Å². The molecule has 0 aliphatic carbocycles. The number of hydrogen-bond acceptors (Lipinski definition) is 4. The summed E-state index contributed by atoms with van der Waals surface area (Å²) in [6.07, 6.45) is 0.884. The van der Waals surface area contributed by atoms with E-state index in [4.69, 9.17) is 0 Å². The first-order chi connectivity index (χ1) is 9.13. The molecule has 0 atom stereocenters. The maximum absolute atomic E-state index is 12.4. The van der Waals surface area contributed by atoms with Crippen LogP contribution in [0, 0.1) is 0 Å². The minimum Gasteiger partial charge on any atom is -0.340 e. The zero-order valence-corrected chi connectivity index (χ0v) is 14.0. The van der Waals surface area contributed by atoms with Crippen LogP contribution in [0.15, 0.2) is 0 Å². The third-order valence-electron chi connectivity index (χ3n) is 3.63. The fraction of sp³-hybridized carbons (Fsp3) is 0.923. The van der Waals surface area contributed by atoms with Crippen molar-refractivity contribution >= 4 is 15.9 Å². The van der Waals surface area contributed by atoms with Crippen LogP contribution in [0.2, 0.25) is 0 Å². The highest BCUT2D eigenvalue weighted by Gasteiger charge is 2.46. The average molecular weight is 305 g/mol. The summed E-state index contributed by atoms with van der Waals surface area (Å²) in [5.41, 5.74) is -0.988. The normalized spacial score (nSPS) is 20.7. The summed E-state index contributed by atoms with van der Waals surface area (Å²) in [4.78, 5) is 16.0. The minimum atomic E-state index is -3.41. The molecule has 0 aromatic carbocycles. The molecule has 0 aromatic heterocycles. The number of sulfonamides is 1. The highest BCUT2D eigenvalue weighted by Crippen LogP contribution is 2.26. The predicted molar refractivity (Wildman–Crippen MR) is 80.0 cm³/mol. The Morgan fingerprint density at radius 1 is 1.25 bits per heavy atom. The van der Waals surface area contributed by atoms with Crippen molar-refractivity contribution in [1.82, 2.24) is 14.1 Å². The van der Waals surface area contributed by atoms with Gasteiger partial charge in [-0.15, -0.1) is 0 Å². The van der Waals surface area contributed by atoms with Gasteiger partial charge in [0, 0.05) is 26.2 Å². The zero-order chi connectivity index (χ0) is 15.6. The summed E-state index contributed by atoms with van der Waals surface area (Å²) >= 11 is 0. The summed E-state index contributed by atoms with van der Waals surface area (Å²) in [5, 5.41) is 0. The molecule has 0 saturated carbocycles. The highest BCUT2D eigenvalue weighted by molar-refractivity contribution is 7.89. The Hall–Kier alpha value is -0.660. The van der Waals surface area contributed by atoms with E-state index in [9.17, 15) is 13.2 Å². The fourth-order valence-corrected chi connectivity index (χ4v) is 4.41. The molecule has 1 amide bonds. The number of nitrogens with zero attached hydrogens (tertiary/aromatic N) is 3. The molecule has 6 nitrogen and oxygen atoms in total. The standard InChI is InChI=1S/C13H27N3O3S/c1-6-7-15-8-9-16(13(2,3)12(15)17)20(18,19)11-10-14(4)5/h6-11H2,1-5H3. The van der Waals surface area contributed by atoms with Crippen LogP contribution < -0.4 is 0 Å². The summed E-state index contributed by atoms with van der Waals surface area (Å²) < 4.78 is 26.3. The molecule has 0 bridgehead atoms. The number of hydrogen-bond donors (Lipinski definition) is 0. The van der Waals surface area contributed by atoms with E-state index in [1.54, 1.807) is 18.7 Å². The van der Waals surface area contributed by atoms with Crippen molar-refractivity contribution in [3.8, 4) is 0 Å². The van der Waals surface area contributed by atoms with Crippen LogP contribution in [-0.2, 0) is 14.8 Å². The second-order valence-electron chi connectivity index (χ2n) is 6.04. The third-order valence-corrected chi connectivity index (χ3v) is 5.64. The van der Waals surface area contributed by atoms with Gasteiger partial charge >= 0.3 is 0 Å². The second kappa shape index (κ2) is 6.41. The van der Waals surface area contributed by atoms with E-state index in [1.807, 2.05) is 25.9 Å². The molecule has 1 saturated heterocycles. The number of carbonyl (C=O) groups is 1. The Morgan fingerprint density at radius 2 is 1.85 bits per heavy atom. The van der Waals surface area contributed by atoms with E-state index < -0.39 is 15.6 Å². The molecule has 0 unspecified atom stereocenters. The van der Waals surface area contributed by atoms with Gasteiger partial charge in [0.1, 0.15) is 5.54 Å². The van der Waals surface area contributed by atoms with Crippen molar-refractivity contribution in [2.24, 2.45) is 0 Å². The first-order valence-corrected chi connectivity index (χ1v) is 8.68. The van der Waals surface area contributed by atoms with Gasteiger partial charge in [0.15, 0.2) is 0 Å². The molecule has 7 heteroatoms.